The molecular weight excluding hydrogens is 353 g/mol. The van der Waals surface area contributed by atoms with E-state index in [4.69, 9.17) is 4.74 Å². The molecule has 5 nitrogen and oxygen atoms in total. The molecule has 1 aromatic carbocycles. The molecule has 1 aromatic heterocycles. The van der Waals surface area contributed by atoms with Crippen LogP contribution in [-0.2, 0) is 9.53 Å². The number of aryl methyl sites for hydroxylation is 1. The van der Waals surface area contributed by atoms with Gasteiger partial charge in [-0.15, -0.1) is 11.3 Å². The van der Waals surface area contributed by atoms with E-state index in [0.29, 0.717) is 19.8 Å². The topological polar surface area (TPSA) is 54.5 Å². The second kappa shape index (κ2) is 9.02. The normalized spacial score (nSPS) is 16.7. The van der Waals surface area contributed by atoms with E-state index in [1.807, 2.05) is 18.4 Å². The Kier molecular flexibility index (Phi) is 6.49. The minimum absolute atomic E-state index is 0.0894. The Labute approximate surface area is 156 Å². The van der Waals surface area contributed by atoms with E-state index in [0.717, 1.165) is 29.4 Å². The van der Waals surface area contributed by atoms with Crippen LogP contribution in [0.3, 0.4) is 0 Å². The molecule has 3 rings (SSSR count). The van der Waals surface area contributed by atoms with Gasteiger partial charge in [0.05, 0.1) is 30.0 Å². The fraction of sp³-hybridized carbons (Fsp3) is 0.368. The maximum Gasteiger partial charge on any atom is 0.244 e. The van der Waals surface area contributed by atoms with Crippen LogP contribution >= 0.6 is 11.3 Å². The van der Waals surface area contributed by atoms with E-state index in [1.54, 1.807) is 23.5 Å². The molecule has 1 saturated heterocycles. The first kappa shape index (κ1) is 18.7. The van der Waals surface area contributed by atoms with Crippen molar-refractivity contribution in [3.63, 3.8) is 0 Å². The van der Waals surface area contributed by atoms with Crippen LogP contribution < -0.4 is 5.32 Å². The summed E-state index contributed by atoms with van der Waals surface area (Å²) >= 11 is 1.54. The van der Waals surface area contributed by atoms with E-state index >= 15 is 0 Å². The molecule has 1 aliphatic heterocycles. The number of ether oxygens (including phenoxy) is 1. The number of rotatable bonds is 6. The first-order valence-corrected chi connectivity index (χ1v) is 9.45. The van der Waals surface area contributed by atoms with Gasteiger partial charge in [-0.05, 0) is 30.7 Å². The molecule has 1 amide bonds. The first-order valence-electron chi connectivity index (χ1n) is 8.57. The second-order valence-corrected chi connectivity index (χ2v) is 7.15. The van der Waals surface area contributed by atoms with Gasteiger partial charge in [0, 0.05) is 31.1 Å². The van der Waals surface area contributed by atoms with Crippen LogP contribution in [0, 0.1) is 12.7 Å². The number of aromatic nitrogens is 1. The highest BCUT2D eigenvalue weighted by Crippen LogP contribution is 2.22. The van der Waals surface area contributed by atoms with Gasteiger partial charge in [-0.25, -0.2) is 9.37 Å². The highest BCUT2D eigenvalue weighted by molar-refractivity contribution is 7.09. The number of nitrogens with zero attached hydrogens (tertiary/aromatic N) is 2. The summed E-state index contributed by atoms with van der Waals surface area (Å²) in [5.74, 6) is -0.462. The van der Waals surface area contributed by atoms with Gasteiger partial charge in [-0.2, -0.15) is 0 Å². The van der Waals surface area contributed by atoms with Crippen LogP contribution in [0.4, 0.5) is 4.39 Å². The van der Waals surface area contributed by atoms with E-state index in [-0.39, 0.29) is 17.8 Å². The summed E-state index contributed by atoms with van der Waals surface area (Å²) in [6.45, 7) is 5.12. The Morgan fingerprint density at radius 3 is 2.96 bits per heavy atom. The van der Waals surface area contributed by atoms with Gasteiger partial charge in [-0.3, -0.25) is 9.69 Å². The van der Waals surface area contributed by atoms with Crippen LogP contribution in [0.1, 0.15) is 22.3 Å². The zero-order valence-electron chi connectivity index (χ0n) is 14.7. The largest absolute Gasteiger partial charge is 0.379 e. The predicted octanol–water partition coefficient (Wildman–Crippen LogP) is 2.79. The average molecular weight is 375 g/mol. The molecule has 1 N–H and O–H groups in total. The number of halogens is 1. The smallest absolute Gasteiger partial charge is 0.244 e. The van der Waals surface area contributed by atoms with Crippen molar-refractivity contribution in [1.82, 2.24) is 15.2 Å². The number of thiazole rings is 1. The van der Waals surface area contributed by atoms with Crippen LogP contribution in [0.25, 0.3) is 6.08 Å². The number of morpholine rings is 1. The Hall–Kier alpha value is -2.09. The van der Waals surface area contributed by atoms with Crippen molar-refractivity contribution >= 4 is 23.3 Å². The van der Waals surface area contributed by atoms with Crippen molar-refractivity contribution in [2.45, 2.75) is 13.0 Å². The third-order valence-electron chi connectivity index (χ3n) is 4.23. The molecule has 2 aromatic rings. The zero-order chi connectivity index (χ0) is 18.4. The molecule has 0 aliphatic carbocycles. The maximum atomic E-state index is 13.7. The molecule has 1 fully saturated rings. The third-order valence-corrected chi connectivity index (χ3v) is 5.02. The monoisotopic (exact) mass is 375 g/mol. The van der Waals surface area contributed by atoms with E-state index in [2.05, 4.69) is 15.2 Å². The van der Waals surface area contributed by atoms with Gasteiger partial charge >= 0.3 is 0 Å². The van der Waals surface area contributed by atoms with Crippen molar-refractivity contribution in [2.75, 3.05) is 32.8 Å². The average Bonchev–Trinajstić information content (AvgIpc) is 3.06. The summed E-state index contributed by atoms with van der Waals surface area (Å²) in [7, 11) is 0. The lowest BCUT2D eigenvalue weighted by atomic mass is 10.0. The predicted molar refractivity (Wildman–Crippen MR) is 100 cm³/mol. The lowest BCUT2D eigenvalue weighted by Crippen LogP contribution is -2.43. The van der Waals surface area contributed by atoms with E-state index < -0.39 is 0 Å². The minimum Gasteiger partial charge on any atom is -0.379 e. The SMILES string of the molecule is Cc1nc(/C=C/C(=O)NC[C@@H](c2cccc(F)c2)N2CCOCC2)cs1. The van der Waals surface area contributed by atoms with Gasteiger partial charge in [0.15, 0.2) is 0 Å². The molecule has 0 saturated carbocycles. The number of nitrogens with one attached hydrogen (secondary N) is 1. The summed E-state index contributed by atoms with van der Waals surface area (Å²) in [6, 6.07) is 6.46. The van der Waals surface area contributed by atoms with Crippen molar-refractivity contribution in [1.29, 1.82) is 0 Å². The summed E-state index contributed by atoms with van der Waals surface area (Å²) < 4.78 is 19.1. The van der Waals surface area contributed by atoms with Crippen molar-refractivity contribution < 1.29 is 13.9 Å². The van der Waals surface area contributed by atoms with Crippen molar-refractivity contribution in [3.8, 4) is 0 Å². The van der Waals surface area contributed by atoms with Crippen LogP contribution in [0.15, 0.2) is 35.7 Å². The summed E-state index contributed by atoms with van der Waals surface area (Å²) in [6.07, 6.45) is 3.18. The number of benzene rings is 1. The molecule has 0 spiro atoms. The molecule has 0 radical (unpaired) electrons. The number of hydrogen-bond donors (Lipinski definition) is 1. The molecule has 2 heterocycles. The van der Waals surface area contributed by atoms with Gasteiger partial charge in [0.25, 0.3) is 0 Å². The maximum absolute atomic E-state index is 13.7. The van der Waals surface area contributed by atoms with Gasteiger partial charge in [0.2, 0.25) is 5.91 Å². The Bertz CT molecular complexity index is 772. The molecular formula is C19H22FN3O2S. The molecule has 1 atom stereocenters. The van der Waals surface area contributed by atoms with Crippen molar-refractivity contribution in [3.05, 3.63) is 57.8 Å². The highest BCUT2D eigenvalue weighted by atomic mass is 32.1. The van der Waals surface area contributed by atoms with Gasteiger partial charge < -0.3 is 10.1 Å². The lowest BCUT2D eigenvalue weighted by molar-refractivity contribution is -0.116. The number of carbonyl (C=O) groups is 1. The summed E-state index contributed by atoms with van der Waals surface area (Å²) in [5.41, 5.74) is 1.63. The fourth-order valence-electron chi connectivity index (χ4n) is 2.93. The highest BCUT2D eigenvalue weighted by Gasteiger charge is 2.23. The molecule has 1 aliphatic rings. The lowest BCUT2D eigenvalue weighted by Gasteiger charge is -2.34. The zero-order valence-corrected chi connectivity index (χ0v) is 15.5. The quantitative estimate of drug-likeness (QED) is 0.789. The second-order valence-electron chi connectivity index (χ2n) is 6.09. The van der Waals surface area contributed by atoms with Gasteiger partial charge in [-0.1, -0.05) is 12.1 Å². The number of amides is 1. The number of hydrogen-bond acceptors (Lipinski definition) is 5. The molecule has 138 valence electrons. The minimum atomic E-state index is -0.272. The van der Waals surface area contributed by atoms with Crippen LogP contribution in [-0.4, -0.2) is 48.6 Å². The molecule has 0 unspecified atom stereocenters. The molecule has 26 heavy (non-hydrogen) atoms. The Morgan fingerprint density at radius 2 is 2.27 bits per heavy atom. The standard InChI is InChI=1S/C19H22FN3O2S/c1-14-22-17(13-26-14)5-6-19(24)21-12-18(23-7-9-25-10-8-23)15-3-2-4-16(20)11-15/h2-6,11,13,18H,7-10,12H2,1H3,(H,21,24)/b6-5+/t18-/m0/s1. The van der Waals surface area contributed by atoms with Crippen molar-refractivity contribution in [2.24, 2.45) is 0 Å². The van der Waals surface area contributed by atoms with Crippen LogP contribution in [0.2, 0.25) is 0 Å². The van der Waals surface area contributed by atoms with E-state index in [1.165, 1.54) is 18.2 Å². The van der Waals surface area contributed by atoms with Crippen LogP contribution in [0.5, 0.6) is 0 Å². The fourth-order valence-corrected chi connectivity index (χ4v) is 3.52. The molecule has 7 heteroatoms. The summed E-state index contributed by atoms with van der Waals surface area (Å²) in [5, 5.41) is 5.79. The number of carbonyl (C=O) groups excluding carboxylic acids is 1. The third kappa shape index (κ3) is 5.20. The van der Waals surface area contributed by atoms with Gasteiger partial charge in [0.1, 0.15) is 5.82 Å². The Morgan fingerprint density at radius 1 is 1.46 bits per heavy atom. The summed E-state index contributed by atoms with van der Waals surface area (Å²) in [4.78, 5) is 18.7. The van der Waals surface area contributed by atoms with E-state index in [9.17, 15) is 9.18 Å². The first-order chi connectivity index (χ1) is 12.6. The molecule has 0 bridgehead atoms. The Balaban J connectivity index is 1.65.